The Morgan fingerprint density at radius 3 is 0.484 bits per heavy atom. The van der Waals surface area contributed by atoms with Crippen LogP contribution in [-0.2, 0) is 49.3 Å². The minimum Gasteiger partial charge on any atom is -2.00 e. The predicted octanol–water partition coefficient (Wildman–Crippen LogP) is 19.4. The Morgan fingerprint density at radius 1 is 0.258 bits per heavy atom. The molecule has 62 heavy (non-hydrogen) atoms. The fraction of sp³-hybridized carbons (Fsp3) is 0.963. The molecule has 0 aliphatic rings. The Labute approximate surface area is 425 Å². The van der Waals surface area contributed by atoms with Gasteiger partial charge in [-0.25, -0.2) is 0 Å². The van der Waals surface area contributed by atoms with E-state index in [4.69, 9.17) is 49.7 Å². The minimum absolute atomic E-state index is 0. The number of nitrogens with zero attached hydrogens (tertiary/aromatic N) is 2. The van der Waals surface area contributed by atoms with E-state index in [1.165, 1.54) is 283 Å². The molecule has 1 radical (unpaired) electrons. The van der Waals surface area contributed by atoms with E-state index in [1.807, 2.05) is 0 Å². The van der Waals surface area contributed by atoms with Gasteiger partial charge in [-0.1, -0.05) is 293 Å². The molecule has 0 amide bonds. The van der Waals surface area contributed by atoms with Crippen LogP contribution in [0.3, 0.4) is 0 Å². The van der Waals surface area contributed by atoms with Crippen molar-refractivity contribution in [1.29, 1.82) is 0 Å². The van der Waals surface area contributed by atoms with Gasteiger partial charge in [0.15, 0.2) is 0 Å². The molecule has 0 aromatic carbocycles. The van der Waals surface area contributed by atoms with Gasteiger partial charge in [-0.2, -0.15) is 0 Å². The first-order valence-electron chi connectivity index (χ1n) is 27.4. The quantitative estimate of drug-likeness (QED) is 0.0343. The van der Waals surface area contributed by atoms with Crippen molar-refractivity contribution in [3.05, 3.63) is 0 Å². The van der Waals surface area contributed by atoms with Gasteiger partial charge in [-0.05, 0) is 25.7 Å². The SMILES string of the molecule is CCCCCCCCCCCCCN(CCCCCCCCCCCCC)C(=S)[S-].CCCCCCCCCCCCCN(CCCCCCCCCCCCC)C(=S)[S-].[O-2].[V+4]. The van der Waals surface area contributed by atoms with Gasteiger partial charge in [0.25, 0.3) is 0 Å². The minimum atomic E-state index is 0. The van der Waals surface area contributed by atoms with E-state index in [-0.39, 0.29) is 24.0 Å². The summed E-state index contributed by atoms with van der Waals surface area (Å²) in [6.45, 7) is 13.5. The molecular formula is C54H108N2OS4V. The topological polar surface area (TPSA) is 35.0 Å². The van der Waals surface area contributed by atoms with E-state index < -0.39 is 0 Å². The van der Waals surface area contributed by atoms with Crippen molar-refractivity contribution in [2.75, 3.05) is 26.2 Å². The second-order valence-electron chi connectivity index (χ2n) is 18.6. The number of thiocarbonyl (C=S) groups is 2. The van der Waals surface area contributed by atoms with Crippen LogP contribution >= 0.6 is 24.4 Å². The summed E-state index contributed by atoms with van der Waals surface area (Å²) in [4.78, 5) is 4.57. The standard InChI is InChI=1S/2C27H55NS2.O.V/c2*1-3-5-7-9-11-13-15-17-19-21-23-25-28(27(29)30)26-24-22-20-18-16-14-12-10-8-6-4-2;;/h2*3-26H2,1-2H3,(H,29,30);;/q;;-2;+4/p-2. The first-order valence-corrected chi connectivity index (χ1v) is 29.0. The van der Waals surface area contributed by atoms with Crippen LogP contribution in [0, 0.1) is 0 Å². The maximum atomic E-state index is 5.32. The van der Waals surface area contributed by atoms with E-state index >= 15 is 0 Å². The molecule has 369 valence electrons. The maximum Gasteiger partial charge on any atom is 4.00 e. The van der Waals surface area contributed by atoms with E-state index in [0.29, 0.717) is 8.64 Å². The van der Waals surface area contributed by atoms with Crippen molar-refractivity contribution in [1.82, 2.24) is 9.80 Å². The average molecular weight is 981 g/mol. The van der Waals surface area contributed by atoms with Crippen LogP contribution in [0.1, 0.15) is 310 Å². The van der Waals surface area contributed by atoms with Crippen LogP contribution in [0.15, 0.2) is 0 Å². The van der Waals surface area contributed by atoms with Gasteiger partial charge in [-0.15, -0.1) is 0 Å². The van der Waals surface area contributed by atoms with Crippen molar-refractivity contribution in [3.8, 4) is 0 Å². The van der Waals surface area contributed by atoms with Gasteiger partial charge >= 0.3 is 18.6 Å². The van der Waals surface area contributed by atoms with Gasteiger partial charge in [0.1, 0.15) is 0 Å². The fourth-order valence-electron chi connectivity index (χ4n) is 8.46. The van der Waals surface area contributed by atoms with Crippen LogP contribution in [0.2, 0.25) is 0 Å². The number of hydrogen-bond donors (Lipinski definition) is 0. The molecule has 0 aliphatic carbocycles. The Morgan fingerprint density at radius 2 is 0.371 bits per heavy atom. The molecule has 0 spiro atoms. The van der Waals surface area contributed by atoms with E-state index in [1.54, 1.807) is 0 Å². The molecule has 0 N–H and O–H groups in total. The first kappa shape index (κ1) is 69.3. The first-order chi connectivity index (χ1) is 29.4. The third-order valence-electron chi connectivity index (χ3n) is 12.6. The van der Waals surface area contributed by atoms with Gasteiger partial charge < -0.3 is 65.0 Å². The molecule has 0 saturated heterocycles. The zero-order valence-corrected chi connectivity index (χ0v) is 47.0. The summed E-state index contributed by atoms with van der Waals surface area (Å²) in [6.07, 6.45) is 61.3. The molecule has 0 saturated carbocycles. The molecule has 8 heteroatoms. The maximum absolute atomic E-state index is 5.32. The van der Waals surface area contributed by atoms with Gasteiger partial charge in [0.2, 0.25) is 0 Å². The van der Waals surface area contributed by atoms with E-state index in [9.17, 15) is 0 Å². The Balaban J connectivity index is -0.000000526. The number of hydrogen-bond acceptors (Lipinski definition) is 4. The van der Waals surface area contributed by atoms with Crippen LogP contribution < -0.4 is 0 Å². The van der Waals surface area contributed by atoms with Gasteiger partial charge in [0, 0.05) is 26.2 Å². The zero-order chi connectivity index (χ0) is 44.3. The molecule has 0 rings (SSSR count). The number of unbranched alkanes of at least 4 members (excludes halogenated alkanes) is 40. The van der Waals surface area contributed by atoms with Crippen molar-refractivity contribution >= 4 is 58.3 Å². The molecule has 3 nitrogen and oxygen atoms in total. The summed E-state index contributed by atoms with van der Waals surface area (Å²) >= 11 is 21.3. The number of rotatable bonds is 48. The predicted molar refractivity (Wildman–Crippen MR) is 290 cm³/mol. The molecule has 0 heterocycles. The van der Waals surface area contributed by atoms with E-state index in [0.717, 1.165) is 26.2 Å². The van der Waals surface area contributed by atoms with Crippen LogP contribution in [-0.4, -0.2) is 44.6 Å². The fourth-order valence-corrected chi connectivity index (χ4v) is 9.19. The Bertz CT molecular complexity index is 720. The molecule has 0 fully saturated rings. The van der Waals surface area contributed by atoms with Crippen molar-refractivity contribution < 1.29 is 24.0 Å². The summed E-state index contributed by atoms with van der Waals surface area (Å²) in [7, 11) is 0. The van der Waals surface area contributed by atoms with Crippen LogP contribution in [0.5, 0.6) is 0 Å². The summed E-state index contributed by atoms with van der Waals surface area (Å²) in [5, 5.41) is 0. The summed E-state index contributed by atoms with van der Waals surface area (Å²) in [6, 6.07) is 0. The molecule has 0 atom stereocenters. The molecule has 0 unspecified atom stereocenters. The second kappa shape index (κ2) is 61.8. The third-order valence-corrected chi connectivity index (χ3v) is 13.7. The van der Waals surface area contributed by atoms with Crippen LogP contribution in [0.25, 0.3) is 0 Å². The third kappa shape index (κ3) is 58.8. The Hall–Kier alpha value is 0.764. The molecular weight excluding hydrogens is 872 g/mol. The van der Waals surface area contributed by atoms with Crippen LogP contribution in [0.4, 0.5) is 0 Å². The summed E-state index contributed by atoms with van der Waals surface area (Å²) in [5.74, 6) is 0. The normalized spacial score (nSPS) is 10.8. The Kier molecular flexibility index (Phi) is 69.1. The second-order valence-corrected chi connectivity index (χ2v) is 20.7. The smallest absolute Gasteiger partial charge is 2.00 e. The molecule has 0 bridgehead atoms. The van der Waals surface area contributed by atoms with Crippen molar-refractivity contribution in [2.45, 2.75) is 310 Å². The molecule has 0 aromatic heterocycles. The summed E-state index contributed by atoms with van der Waals surface area (Å²) in [5.41, 5.74) is 0. The molecule has 0 aromatic rings. The van der Waals surface area contributed by atoms with E-state index in [2.05, 4.69) is 37.5 Å². The van der Waals surface area contributed by atoms with Crippen molar-refractivity contribution in [3.63, 3.8) is 0 Å². The average Bonchev–Trinajstić information content (AvgIpc) is 3.24. The zero-order valence-electron chi connectivity index (χ0n) is 42.3. The summed E-state index contributed by atoms with van der Waals surface area (Å²) < 4.78 is 1.38. The van der Waals surface area contributed by atoms with Gasteiger partial charge in [0.05, 0.1) is 0 Å². The van der Waals surface area contributed by atoms with Gasteiger partial charge in [-0.3, -0.25) is 0 Å². The molecule has 0 aliphatic heterocycles. The largest absolute Gasteiger partial charge is 4.00 e. The van der Waals surface area contributed by atoms with Crippen molar-refractivity contribution in [2.24, 2.45) is 0 Å². The monoisotopic (exact) mass is 980 g/mol.